The van der Waals surface area contributed by atoms with Gasteiger partial charge in [0.25, 0.3) is 0 Å². The Bertz CT molecular complexity index is 3610. The smallest absolute Gasteiger partial charge is 0.142 e. The number of para-hydroxylation sites is 1. The van der Waals surface area contributed by atoms with Gasteiger partial charge in [-0.1, -0.05) is 208 Å². The molecule has 13 rings (SSSR count). The molecule has 11 aromatic rings. The van der Waals surface area contributed by atoms with E-state index in [1.165, 1.54) is 66.8 Å². The normalized spacial score (nSPS) is 13.8. The van der Waals surface area contributed by atoms with Crippen molar-refractivity contribution < 1.29 is 4.42 Å². The van der Waals surface area contributed by atoms with Crippen LogP contribution in [0, 0.1) is 0 Å². The third-order valence-electron chi connectivity index (χ3n) is 14.6. The van der Waals surface area contributed by atoms with Gasteiger partial charge in [-0.05, 0) is 115 Å². The molecule has 2 nitrogen and oxygen atoms in total. The third kappa shape index (κ3) is 5.55. The van der Waals surface area contributed by atoms with Crippen molar-refractivity contribution in [1.82, 2.24) is 0 Å². The van der Waals surface area contributed by atoms with E-state index in [-0.39, 0.29) is 5.41 Å². The summed E-state index contributed by atoms with van der Waals surface area (Å²) in [6.45, 7) is 4.73. The van der Waals surface area contributed by atoms with Gasteiger partial charge >= 0.3 is 0 Å². The molecule has 10 aromatic carbocycles. The van der Waals surface area contributed by atoms with E-state index in [9.17, 15) is 0 Å². The van der Waals surface area contributed by atoms with Gasteiger partial charge in [-0.2, -0.15) is 0 Å². The molecule has 1 aromatic heterocycles. The van der Waals surface area contributed by atoms with Gasteiger partial charge in [0.2, 0.25) is 0 Å². The quantitative estimate of drug-likeness (QED) is 0.159. The van der Waals surface area contributed by atoms with Crippen LogP contribution in [-0.4, -0.2) is 0 Å². The summed E-state index contributed by atoms with van der Waals surface area (Å²) in [6, 6.07) is 86.9. The molecule has 2 aliphatic rings. The Labute approximate surface area is 385 Å². The summed E-state index contributed by atoms with van der Waals surface area (Å²) in [5.41, 5.74) is 21.4. The van der Waals surface area contributed by atoms with Crippen molar-refractivity contribution in [3.05, 3.63) is 270 Å². The molecule has 0 radical (unpaired) electrons. The van der Waals surface area contributed by atoms with Gasteiger partial charge in [0.15, 0.2) is 0 Å². The molecule has 0 N–H and O–H groups in total. The van der Waals surface area contributed by atoms with E-state index in [0.717, 1.165) is 50.1 Å². The molecule has 0 saturated carbocycles. The molecule has 312 valence electrons. The number of benzene rings is 10. The lowest BCUT2D eigenvalue weighted by Gasteiger charge is -2.38. The molecular formula is C64H45NO. The average molecular weight is 844 g/mol. The van der Waals surface area contributed by atoms with Crippen molar-refractivity contribution in [3.63, 3.8) is 0 Å². The van der Waals surface area contributed by atoms with Crippen LogP contribution in [0.3, 0.4) is 0 Å². The van der Waals surface area contributed by atoms with Gasteiger partial charge in [-0.3, -0.25) is 0 Å². The van der Waals surface area contributed by atoms with Crippen molar-refractivity contribution in [1.29, 1.82) is 0 Å². The maximum atomic E-state index is 7.28. The Morgan fingerprint density at radius 2 is 0.848 bits per heavy atom. The van der Waals surface area contributed by atoms with E-state index >= 15 is 0 Å². The van der Waals surface area contributed by atoms with E-state index in [0.29, 0.717) is 0 Å². The van der Waals surface area contributed by atoms with Gasteiger partial charge in [0.05, 0.1) is 11.1 Å². The number of nitrogens with zero attached hydrogens (tertiary/aromatic N) is 1. The molecule has 0 saturated heterocycles. The lowest BCUT2D eigenvalue weighted by Crippen LogP contribution is -2.31. The van der Waals surface area contributed by atoms with Gasteiger partial charge in [0.1, 0.15) is 11.2 Å². The minimum absolute atomic E-state index is 0.191. The van der Waals surface area contributed by atoms with Crippen LogP contribution in [0.1, 0.15) is 47.2 Å². The summed E-state index contributed by atoms with van der Waals surface area (Å²) >= 11 is 0. The molecule has 0 spiro atoms. The fourth-order valence-corrected chi connectivity index (χ4v) is 11.5. The Morgan fingerprint density at radius 1 is 0.364 bits per heavy atom. The van der Waals surface area contributed by atoms with Crippen molar-refractivity contribution in [2.24, 2.45) is 0 Å². The highest BCUT2D eigenvalue weighted by Gasteiger charge is 2.50. The highest BCUT2D eigenvalue weighted by Crippen LogP contribution is 2.61. The Morgan fingerprint density at radius 3 is 1.50 bits per heavy atom. The monoisotopic (exact) mass is 843 g/mol. The van der Waals surface area contributed by atoms with Crippen LogP contribution in [0.15, 0.2) is 241 Å². The number of furan rings is 1. The Kier molecular flexibility index (Phi) is 8.51. The molecule has 1 heterocycles. The van der Waals surface area contributed by atoms with E-state index in [1.807, 2.05) is 0 Å². The Balaban J connectivity index is 1.10. The zero-order valence-corrected chi connectivity index (χ0v) is 36.9. The highest BCUT2D eigenvalue weighted by atomic mass is 16.3. The molecule has 2 heteroatoms. The van der Waals surface area contributed by atoms with Crippen LogP contribution in [0.4, 0.5) is 17.1 Å². The topological polar surface area (TPSA) is 16.4 Å². The van der Waals surface area contributed by atoms with Gasteiger partial charge < -0.3 is 9.32 Å². The minimum Gasteiger partial charge on any atom is -0.456 e. The number of fused-ring (bicyclic) bond motifs is 9. The first kappa shape index (κ1) is 38.3. The number of anilines is 3. The lowest BCUT2D eigenvalue weighted by molar-refractivity contribution is 0.648. The largest absolute Gasteiger partial charge is 0.456 e. The van der Waals surface area contributed by atoms with Crippen molar-refractivity contribution >= 4 is 39.0 Å². The molecular weight excluding hydrogens is 799 g/mol. The maximum Gasteiger partial charge on any atom is 0.142 e. The van der Waals surface area contributed by atoms with E-state index < -0.39 is 5.41 Å². The Hall–Kier alpha value is -8.20. The fraction of sp³-hybridized carbons (Fsp3) is 0.0625. The predicted octanol–water partition coefficient (Wildman–Crippen LogP) is 17.1. The van der Waals surface area contributed by atoms with Crippen molar-refractivity contribution in [2.45, 2.75) is 24.7 Å². The van der Waals surface area contributed by atoms with Crippen LogP contribution in [0.25, 0.3) is 66.4 Å². The van der Waals surface area contributed by atoms with Gasteiger partial charge in [-0.25, -0.2) is 0 Å². The standard InChI is InChI=1S/C64H45NO/c1-63(2)55-25-13-9-21-49(55)52-38-37-48(41-58(52)63)65(47-35-33-45(34-36-47)44-31-29-43(30-32-44)42-17-5-3-6-18-42)59-40-39-54-53-24-12-16-28-60(53)66-62(54)61(59)64(46-19-7-4-8-20-46)56-26-14-10-22-50(56)51-23-11-15-27-57(51)64/h3-41H,1-2H3. The molecule has 0 bridgehead atoms. The van der Waals surface area contributed by atoms with E-state index in [4.69, 9.17) is 4.42 Å². The van der Waals surface area contributed by atoms with Crippen LogP contribution < -0.4 is 4.90 Å². The summed E-state index contributed by atoms with van der Waals surface area (Å²) in [7, 11) is 0. The summed E-state index contributed by atoms with van der Waals surface area (Å²) in [5, 5.41) is 2.20. The molecule has 0 aliphatic heterocycles. The zero-order valence-electron chi connectivity index (χ0n) is 36.9. The summed E-state index contributed by atoms with van der Waals surface area (Å²) in [6.07, 6.45) is 0. The van der Waals surface area contributed by atoms with Crippen LogP contribution in [0.2, 0.25) is 0 Å². The predicted molar refractivity (Wildman–Crippen MR) is 274 cm³/mol. The molecule has 66 heavy (non-hydrogen) atoms. The first-order chi connectivity index (χ1) is 32.5. The fourth-order valence-electron chi connectivity index (χ4n) is 11.5. The molecule has 0 atom stereocenters. The number of rotatable bonds is 7. The molecule has 2 aliphatic carbocycles. The summed E-state index contributed by atoms with van der Waals surface area (Å²) in [4.78, 5) is 2.50. The lowest BCUT2D eigenvalue weighted by atomic mass is 9.66. The van der Waals surface area contributed by atoms with Gasteiger partial charge in [-0.15, -0.1) is 0 Å². The van der Waals surface area contributed by atoms with Crippen LogP contribution >= 0.6 is 0 Å². The average Bonchev–Trinajstić information content (AvgIpc) is 3.98. The molecule has 0 fully saturated rings. The molecule has 0 amide bonds. The SMILES string of the molecule is CC1(C)c2ccccc2-c2ccc(N(c3ccc(-c4ccc(-c5ccccc5)cc4)cc3)c3ccc4c(oc5ccccc54)c3C3(c4ccccc4)c4ccccc4-c4ccccc43)cc21. The van der Waals surface area contributed by atoms with Crippen molar-refractivity contribution in [2.75, 3.05) is 4.90 Å². The number of hydrogen-bond acceptors (Lipinski definition) is 2. The van der Waals surface area contributed by atoms with Gasteiger partial charge in [0, 0.05) is 33.1 Å². The summed E-state index contributed by atoms with van der Waals surface area (Å²) < 4.78 is 7.28. The second-order valence-electron chi connectivity index (χ2n) is 18.4. The first-order valence-corrected chi connectivity index (χ1v) is 23.0. The minimum atomic E-state index is -0.748. The second kappa shape index (κ2) is 14.7. The van der Waals surface area contributed by atoms with E-state index in [1.54, 1.807) is 0 Å². The molecule has 0 unspecified atom stereocenters. The highest BCUT2D eigenvalue weighted by molar-refractivity contribution is 6.10. The third-order valence-corrected chi connectivity index (χ3v) is 14.6. The van der Waals surface area contributed by atoms with Crippen molar-refractivity contribution in [3.8, 4) is 44.5 Å². The second-order valence-corrected chi connectivity index (χ2v) is 18.4. The first-order valence-electron chi connectivity index (χ1n) is 23.0. The van der Waals surface area contributed by atoms with Crippen LogP contribution in [-0.2, 0) is 10.8 Å². The van der Waals surface area contributed by atoms with Crippen LogP contribution in [0.5, 0.6) is 0 Å². The van der Waals surface area contributed by atoms with E-state index in [2.05, 4.69) is 255 Å². The number of hydrogen-bond donors (Lipinski definition) is 0. The summed E-state index contributed by atoms with van der Waals surface area (Å²) in [5.74, 6) is 0. The zero-order chi connectivity index (χ0) is 44.0. The maximum absolute atomic E-state index is 7.28.